The number of benzene rings is 3. The summed E-state index contributed by atoms with van der Waals surface area (Å²) < 4.78 is 1.01. The van der Waals surface area contributed by atoms with Gasteiger partial charge in [0.1, 0.15) is 4.88 Å². The van der Waals surface area contributed by atoms with E-state index in [2.05, 4.69) is 5.32 Å². The molecule has 4 rings (SSSR count). The van der Waals surface area contributed by atoms with Gasteiger partial charge in [-0.25, -0.2) is 0 Å². The van der Waals surface area contributed by atoms with E-state index in [0.29, 0.717) is 9.90 Å². The average molecular weight is 364 g/mol. The third-order valence-corrected chi connectivity index (χ3v) is 5.68. The summed E-state index contributed by atoms with van der Waals surface area (Å²) in [7, 11) is 0. The van der Waals surface area contributed by atoms with E-state index in [1.807, 2.05) is 78.9 Å². The van der Waals surface area contributed by atoms with Gasteiger partial charge in [-0.15, -0.1) is 11.3 Å². The lowest BCUT2D eigenvalue weighted by molar-refractivity contribution is 0.103. The lowest BCUT2D eigenvalue weighted by Gasteiger charge is -2.11. The van der Waals surface area contributed by atoms with E-state index in [1.165, 1.54) is 11.3 Å². The van der Waals surface area contributed by atoms with Crippen LogP contribution in [0.2, 0.25) is 5.02 Å². The van der Waals surface area contributed by atoms with Gasteiger partial charge in [-0.2, -0.15) is 0 Å². The first-order valence-electron chi connectivity index (χ1n) is 7.87. The number of hydrogen-bond acceptors (Lipinski definition) is 2. The van der Waals surface area contributed by atoms with E-state index in [-0.39, 0.29) is 5.91 Å². The van der Waals surface area contributed by atoms with Crippen molar-refractivity contribution in [1.29, 1.82) is 0 Å². The van der Waals surface area contributed by atoms with Crippen LogP contribution >= 0.6 is 22.9 Å². The van der Waals surface area contributed by atoms with Crippen molar-refractivity contribution in [3.63, 3.8) is 0 Å². The third-order valence-electron chi connectivity index (χ3n) is 4.00. The highest BCUT2D eigenvalue weighted by molar-refractivity contribution is 7.21. The van der Waals surface area contributed by atoms with E-state index in [9.17, 15) is 4.79 Å². The quantitative estimate of drug-likeness (QED) is 0.443. The van der Waals surface area contributed by atoms with Gasteiger partial charge in [0.25, 0.3) is 5.91 Å². The van der Waals surface area contributed by atoms with Gasteiger partial charge < -0.3 is 5.32 Å². The molecule has 0 fully saturated rings. The first-order chi connectivity index (χ1) is 12.2. The Hall–Kier alpha value is -2.62. The molecular formula is C21H14ClNOS. The molecule has 122 valence electrons. The van der Waals surface area contributed by atoms with Crippen LogP contribution in [0.3, 0.4) is 0 Å². The Labute approximate surface area is 154 Å². The SMILES string of the molecule is O=C(Nc1ccccc1-c1ccccc1)c1sc2ccccc2c1Cl. The average Bonchev–Trinajstić information content (AvgIpc) is 3.00. The topological polar surface area (TPSA) is 29.1 Å². The normalized spacial score (nSPS) is 10.8. The minimum atomic E-state index is -0.186. The number of para-hydroxylation sites is 1. The number of thiophene rings is 1. The standard InChI is InChI=1S/C21H14ClNOS/c22-19-16-11-5-7-13-18(16)25-20(19)21(24)23-17-12-6-4-10-15(17)14-8-2-1-3-9-14/h1-13H,(H,23,24). The molecule has 4 heteroatoms. The monoisotopic (exact) mass is 363 g/mol. The number of rotatable bonds is 3. The molecule has 3 aromatic carbocycles. The van der Waals surface area contributed by atoms with Gasteiger partial charge in [0.15, 0.2) is 0 Å². The largest absolute Gasteiger partial charge is 0.321 e. The van der Waals surface area contributed by atoms with Crippen molar-refractivity contribution >= 4 is 44.6 Å². The van der Waals surface area contributed by atoms with Gasteiger partial charge in [-0.3, -0.25) is 4.79 Å². The minimum absolute atomic E-state index is 0.186. The van der Waals surface area contributed by atoms with Crippen molar-refractivity contribution in [3.8, 4) is 11.1 Å². The summed E-state index contributed by atoms with van der Waals surface area (Å²) in [4.78, 5) is 13.3. The van der Waals surface area contributed by atoms with Crippen molar-refractivity contribution in [1.82, 2.24) is 0 Å². The molecule has 0 unspecified atom stereocenters. The van der Waals surface area contributed by atoms with Crippen LogP contribution in [0, 0.1) is 0 Å². The molecule has 1 aromatic heterocycles. The molecule has 0 aliphatic heterocycles. The predicted molar refractivity (Wildman–Crippen MR) is 107 cm³/mol. The lowest BCUT2D eigenvalue weighted by Crippen LogP contribution is -2.11. The molecule has 0 saturated heterocycles. The Balaban J connectivity index is 1.71. The fourth-order valence-corrected chi connectivity index (χ4v) is 4.21. The summed E-state index contributed by atoms with van der Waals surface area (Å²) >= 11 is 7.83. The van der Waals surface area contributed by atoms with E-state index >= 15 is 0 Å². The molecule has 0 bridgehead atoms. The van der Waals surface area contributed by atoms with Gasteiger partial charge in [0, 0.05) is 21.3 Å². The number of carbonyl (C=O) groups is 1. The molecule has 1 heterocycles. The number of fused-ring (bicyclic) bond motifs is 1. The molecule has 0 spiro atoms. The van der Waals surface area contributed by atoms with E-state index in [1.54, 1.807) is 0 Å². The maximum absolute atomic E-state index is 12.8. The maximum Gasteiger partial charge on any atom is 0.267 e. The van der Waals surface area contributed by atoms with Crippen LogP contribution in [0.1, 0.15) is 9.67 Å². The number of anilines is 1. The highest BCUT2D eigenvalue weighted by Crippen LogP contribution is 2.36. The van der Waals surface area contributed by atoms with Crippen LogP contribution in [0.15, 0.2) is 78.9 Å². The number of halogens is 1. The van der Waals surface area contributed by atoms with Gasteiger partial charge in [-0.1, -0.05) is 78.3 Å². The zero-order valence-corrected chi connectivity index (χ0v) is 14.8. The van der Waals surface area contributed by atoms with E-state index in [4.69, 9.17) is 11.6 Å². The van der Waals surface area contributed by atoms with Gasteiger partial charge >= 0.3 is 0 Å². The second-order valence-electron chi connectivity index (χ2n) is 5.61. The molecule has 0 radical (unpaired) electrons. The Kier molecular flexibility index (Phi) is 4.26. The molecule has 0 aliphatic rings. The first-order valence-corrected chi connectivity index (χ1v) is 9.06. The van der Waals surface area contributed by atoms with Crippen molar-refractivity contribution in [2.24, 2.45) is 0 Å². The molecule has 0 aliphatic carbocycles. The number of carbonyl (C=O) groups excluding carboxylic acids is 1. The molecule has 25 heavy (non-hydrogen) atoms. The Morgan fingerprint density at radius 3 is 2.32 bits per heavy atom. The van der Waals surface area contributed by atoms with E-state index in [0.717, 1.165) is 26.9 Å². The van der Waals surface area contributed by atoms with Gasteiger partial charge in [0.2, 0.25) is 0 Å². The summed E-state index contributed by atoms with van der Waals surface area (Å²) in [6.45, 7) is 0. The zero-order chi connectivity index (χ0) is 17.2. The van der Waals surface area contributed by atoms with Crippen LogP contribution < -0.4 is 5.32 Å². The predicted octanol–water partition coefficient (Wildman–Crippen LogP) is 6.47. The van der Waals surface area contributed by atoms with Crippen molar-refractivity contribution in [3.05, 3.63) is 88.8 Å². The Morgan fingerprint density at radius 1 is 0.840 bits per heavy atom. The second-order valence-corrected chi connectivity index (χ2v) is 7.04. The fourth-order valence-electron chi connectivity index (χ4n) is 2.80. The maximum atomic E-state index is 12.8. The lowest BCUT2D eigenvalue weighted by atomic mass is 10.0. The smallest absolute Gasteiger partial charge is 0.267 e. The van der Waals surface area contributed by atoms with Gasteiger partial charge in [0.05, 0.1) is 5.02 Å². The van der Waals surface area contributed by atoms with Crippen LogP contribution in [0.4, 0.5) is 5.69 Å². The molecule has 1 amide bonds. The summed E-state index contributed by atoms with van der Waals surface area (Å²) in [5, 5.41) is 4.44. The van der Waals surface area contributed by atoms with Crippen LogP contribution in [-0.4, -0.2) is 5.91 Å². The van der Waals surface area contributed by atoms with E-state index < -0.39 is 0 Å². The zero-order valence-electron chi connectivity index (χ0n) is 13.2. The van der Waals surface area contributed by atoms with Crippen LogP contribution in [0.5, 0.6) is 0 Å². The van der Waals surface area contributed by atoms with Crippen LogP contribution in [-0.2, 0) is 0 Å². The summed E-state index contributed by atoms with van der Waals surface area (Å²) in [5.41, 5.74) is 2.81. The number of nitrogens with one attached hydrogen (secondary N) is 1. The first kappa shape index (κ1) is 15.9. The van der Waals surface area contributed by atoms with Crippen LogP contribution in [0.25, 0.3) is 21.2 Å². The fraction of sp³-hybridized carbons (Fsp3) is 0. The van der Waals surface area contributed by atoms with Gasteiger partial charge in [-0.05, 0) is 17.7 Å². The highest BCUT2D eigenvalue weighted by atomic mass is 35.5. The second kappa shape index (κ2) is 6.71. The Bertz CT molecular complexity index is 1060. The van der Waals surface area contributed by atoms with Crippen molar-refractivity contribution < 1.29 is 4.79 Å². The highest BCUT2D eigenvalue weighted by Gasteiger charge is 2.18. The number of amides is 1. The molecule has 4 aromatic rings. The molecule has 0 atom stereocenters. The minimum Gasteiger partial charge on any atom is -0.321 e. The summed E-state index contributed by atoms with van der Waals surface area (Å²) in [6, 6.07) is 25.5. The molecule has 0 saturated carbocycles. The Morgan fingerprint density at radius 2 is 1.52 bits per heavy atom. The number of hydrogen-bond donors (Lipinski definition) is 1. The summed E-state index contributed by atoms with van der Waals surface area (Å²) in [6.07, 6.45) is 0. The molecular weight excluding hydrogens is 350 g/mol. The summed E-state index contributed by atoms with van der Waals surface area (Å²) in [5.74, 6) is -0.186. The third kappa shape index (κ3) is 3.04. The van der Waals surface area contributed by atoms with Crippen molar-refractivity contribution in [2.45, 2.75) is 0 Å². The molecule has 1 N–H and O–H groups in total. The molecule has 2 nitrogen and oxygen atoms in total. The van der Waals surface area contributed by atoms with Crippen molar-refractivity contribution in [2.75, 3.05) is 5.32 Å².